The average Bonchev–Trinajstić information content (AvgIpc) is 2.85. The molecule has 2 aromatic carbocycles. The van der Waals surface area contributed by atoms with Crippen molar-refractivity contribution in [2.24, 2.45) is 0 Å². The Morgan fingerprint density at radius 2 is 1.67 bits per heavy atom. The summed E-state index contributed by atoms with van der Waals surface area (Å²) in [4.78, 5) is 15.5. The second kappa shape index (κ2) is 7.84. The van der Waals surface area contributed by atoms with E-state index in [1.807, 2.05) is 36.4 Å². The summed E-state index contributed by atoms with van der Waals surface area (Å²) in [6, 6.07) is 16.3. The van der Waals surface area contributed by atoms with Crippen LogP contribution < -0.4 is 4.74 Å². The zero-order valence-electron chi connectivity index (χ0n) is 15.3. The van der Waals surface area contributed by atoms with Gasteiger partial charge in [0.25, 0.3) is 0 Å². The van der Waals surface area contributed by atoms with E-state index < -0.39 is 5.97 Å². The number of carboxylic acids is 1. The number of nitrogens with zero attached hydrogens (tertiary/aromatic N) is 2. The van der Waals surface area contributed by atoms with Crippen LogP contribution in [0.3, 0.4) is 0 Å². The van der Waals surface area contributed by atoms with Gasteiger partial charge in [-0.05, 0) is 37.2 Å². The Morgan fingerprint density at radius 1 is 0.963 bits per heavy atom. The molecule has 140 valence electrons. The van der Waals surface area contributed by atoms with Gasteiger partial charge in [0, 0.05) is 49.4 Å². The fourth-order valence-corrected chi connectivity index (χ4v) is 3.73. The maximum absolute atomic E-state index is 10.7. The molecule has 2 aliphatic rings. The molecule has 4 rings (SSSR count). The molecule has 5 heteroatoms. The lowest BCUT2D eigenvalue weighted by Crippen LogP contribution is -2.45. The molecule has 0 saturated carbocycles. The van der Waals surface area contributed by atoms with E-state index >= 15 is 0 Å². The fourth-order valence-electron chi connectivity index (χ4n) is 3.73. The van der Waals surface area contributed by atoms with E-state index in [0.29, 0.717) is 6.42 Å². The third-order valence-corrected chi connectivity index (χ3v) is 5.17. The molecule has 2 aromatic rings. The Hall–Kier alpha value is -2.79. The molecule has 27 heavy (non-hydrogen) atoms. The molecule has 0 amide bonds. The summed E-state index contributed by atoms with van der Waals surface area (Å²) in [6.07, 6.45) is 3.18. The molecule has 0 bridgehead atoms. The minimum absolute atomic E-state index is 0.243. The highest BCUT2D eigenvalue weighted by Gasteiger charge is 2.24. The molecule has 0 aromatic heterocycles. The lowest BCUT2D eigenvalue weighted by molar-refractivity contribution is -0.137. The summed E-state index contributed by atoms with van der Waals surface area (Å²) in [5.41, 5.74) is 3.40. The molecule has 0 aliphatic carbocycles. The van der Waals surface area contributed by atoms with Gasteiger partial charge in [-0.2, -0.15) is 0 Å². The summed E-state index contributed by atoms with van der Waals surface area (Å²) in [5.74, 6) is 1.05. The first-order chi connectivity index (χ1) is 13.2. The SMILES string of the molecule is O=C(O)CCCN1CCN(C2=Cc3ccccc3Oc3ccccc32)CC1. The van der Waals surface area contributed by atoms with Gasteiger partial charge in [-0.15, -0.1) is 0 Å². The van der Waals surface area contributed by atoms with Crippen LogP contribution in [0.1, 0.15) is 24.0 Å². The topological polar surface area (TPSA) is 53.0 Å². The summed E-state index contributed by atoms with van der Waals surface area (Å²) >= 11 is 0. The number of piperazine rings is 1. The van der Waals surface area contributed by atoms with Gasteiger partial charge in [-0.25, -0.2) is 0 Å². The molecule has 5 nitrogen and oxygen atoms in total. The van der Waals surface area contributed by atoms with Crippen molar-refractivity contribution >= 4 is 17.7 Å². The van der Waals surface area contributed by atoms with Gasteiger partial charge < -0.3 is 14.7 Å². The quantitative estimate of drug-likeness (QED) is 0.875. The molecule has 1 fully saturated rings. The maximum atomic E-state index is 10.7. The highest BCUT2D eigenvalue weighted by Crippen LogP contribution is 2.39. The first-order valence-corrected chi connectivity index (χ1v) is 9.48. The number of para-hydroxylation sites is 2. The second-order valence-electron chi connectivity index (χ2n) is 6.99. The van der Waals surface area contributed by atoms with E-state index in [1.54, 1.807) is 0 Å². The zero-order chi connectivity index (χ0) is 18.6. The third kappa shape index (κ3) is 3.98. The Kier molecular flexibility index (Phi) is 5.12. The maximum Gasteiger partial charge on any atom is 0.303 e. The summed E-state index contributed by atoms with van der Waals surface area (Å²) < 4.78 is 6.18. The van der Waals surface area contributed by atoms with Gasteiger partial charge in [0.2, 0.25) is 0 Å². The number of fused-ring (bicyclic) bond motifs is 2. The lowest BCUT2D eigenvalue weighted by Gasteiger charge is -2.37. The number of carboxylic acid groups (broad SMARTS) is 1. The van der Waals surface area contributed by atoms with Gasteiger partial charge in [-0.1, -0.05) is 30.3 Å². The Morgan fingerprint density at radius 3 is 2.44 bits per heavy atom. The van der Waals surface area contributed by atoms with Crippen LogP contribution in [0.4, 0.5) is 0 Å². The smallest absolute Gasteiger partial charge is 0.303 e. The van der Waals surface area contributed by atoms with Crippen molar-refractivity contribution in [3.63, 3.8) is 0 Å². The Labute approximate surface area is 159 Å². The summed E-state index contributed by atoms with van der Waals surface area (Å²) in [6.45, 7) is 4.59. The van der Waals surface area contributed by atoms with E-state index in [1.165, 1.54) is 5.70 Å². The number of hydrogen-bond donors (Lipinski definition) is 1. The average molecular weight is 364 g/mol. The van der Waals surface area contributed by atoms with Crippen LogP contribution in [0.15, 0.2) is 48.5 Å². The molecule has 0 atom stereocenters. The van der Waals surface area contributed by atoms with Crippen LogP contribution in [-0.2, 0) is 4.79 Å². The molecule has 0 radical (unpaired) electrons. The van der Waals surface area contributed by atoms with Crippen LogP contribution in [0, 0.1) is 0 Å². The van der Waals surface area contributed by atoms with Gasteiger partial charge in [0.05, 0.1) is 0 Å². The largest absolute Gasteiger partial charge is 0.481 e. The van der Waals surface area contributed by atoms with Crippen LogP contribution in [0.5, 0.6) is 11.5 Å². The van der Waals surface area contributed by atoms with Gasteiger partial charge in [0.1, 0.15) is 11.5 Å². The lowest BCUT2D eigenvalue weighted by atomic mass is 10.1. The van der Waals surface area contributed by atoms with Crippen molar-refractivity contribution in [2.75, 3.05) is 32.7 Å². The van der Waals surface area contributed by atoms with Crippen molar-refractivity contribution in [1.82, 2.24) is 9.80 Å². The number of hydrogen-bond acceptors (Lipinski definition) is 4. The minimum Gasteiger partial charge on any atom is -0.481 e. The highest BCUT2D eigenvalue weighted by atomic mass is 16.5. The van der Waals surface area contributed by atoms with Crippen LogP contribution in [0.25, 0.3) is 11.8 Å². The van der Waals surface area contributed by atoms with Gasteiger partial charge in [-0.3, -0.25) is 9.69 Å². The first kappa shape index (κ1) is 17.6. The van der Waals surface area contributed by atoms with Crippen molar-refractivity contribution in [2.45, 2.75) is 12.8 Å². The van der Waals surface area contributed by atoms with E-state index in [0.717, 1.165) is 55.3 Å². The van der Waals surface area contributed by atoms with Crippen molar-refractivity contribution in [1.29, 1.82) is 0 Å². The number of ether oxygens (including phenoxy) is 1. The van der Waals surface area contributed by atoms with Gasteiger partial charge >= 0.3 is 5.97 Å². The van der Waals surface area contributed by atoms with Crippen LogP contribution >= 0.6 is 0 Å². The fraction of sp³-hybridized carbons (Fsp3) is 0.318. The molecule has 1 saturated heterocycles. The standard InChI is InChI=1S/C22H24N2O3/c25-22(26)10-5-11-23-12-14-24(15-13-23)19-16-17-6-1-3-8-20(17)27-21-9-4-2-7-18(19)21/h1-4,6-9,16H,5,10-15H2,(H,25,26). The number of carbonyl (C=O) groups is 1. The molecule has 1 N–H and O–H groups in total. The van der Waals surface area contributed by atoms with E-state index in [-0.39, 0.29) is 6.42 Å². The normalized spacial score (nSPS) is 16.6. The monoisotopic (exact) mass is 364 g/mol. The van der Waals surface area contributed by atoms with Gasteiger partial charge in [0.15, 0.2) is 0 Å². The van der Waals surface area contributed by atoms with Crippen LogP contribution in [-0.4, -0.2) is 53.6 Å². The second-order valence-corrected chi connectivity index (χ2v) is 6.99. The minimum atomic E-state index is -0.715. The number of aliphatic carboxylic acids is 1. The predicted molar refractivity (Wildman–Crippen MR) is 106 cm³/mol. The van der Waals surface area contributed by atoms with Crippen LogP contribution in [0.2, 0.25) is 0 Å². The molecule has 2 heterocycles. The Bertz CT molecular complexity index is 854. The molecule has 2 aliphatic heterocycles. The number of benzene rings is 2. The molecular formula is C22H24N2O3. The van der Waals surface area contributed by atoms with Crippen molar-refractivity contribution in [3.05, 3.63) is 59.7 Å². The number of rotatable bonds is 5. The highest BCUT2D eigenvalue weighted by molar-refractivity contribution is 5.86. The third-order valence-electron chi connectivity index (χ3n) is 5.17. The molecule has 0 spiro atoms. The van der Waals surface area contributed by atoms with Crippen molar-refractivity contribution in [3.8, 4) is 11.5 Å². The predicted octanol–water partition coefficient (Wildman–Crippen LogP) is 3.77. The molecule has 0 unspecified atom stereocenters. The zero-order valence-corrected chi connectivity index (χ0v) is 15.3. The summed E-state index contributed by atoms with van der Waals surface area (Å²) in [5, 5.41) is 8.81. The van der Waals surface area contributed by atoms with E-state index in [4.69, 9.17) is 9.84 Å². The van der Waals surface area contributed by atoms with Crippen molar-refractivity contribution < 1.29 is 14.6 Å². The summed E-state index contributed by atoms with van der Waals surface area (Å²) in [7, 11) is 0. The van der Waals surface area contributed by atoms with E-state index in [2.05, 4.69) is 28.0 Å². The first-order valence-electron chi connectivity index (χ1n) is 9.48. The molecular weight excluding hydrogens is 340 g/mol. The Balaban J connectivity index is 1.53. The van der Waals surface area contributed by atoms with E-state index in [9.17, 15) is 4.79 Å².